The fourth-order valence-electron chi connectivity index (χ4n) is 1.91. The summed E-state index contributed by atoms with van der Waals surface area (Å²) in [7, 11) is 3.06. The molecule has 1 aromatic rings. The number of nitrogens with two attached hydrogens (primary N) is 1. The molecule has 118 valence electrons. The fourth-order valence-corrected chi connectivity index (χ4v) is 1.91. The number of rotatable bonds is 6. The Balaban J connectivity index is 3.06. The highest BCUT2D eigenvalue weighted by atomic mass is 19.4. The Bertz CT molecular complexity index is 506. The first-order valence-corrected chi connectivity index (χ1v) is 6.10. The van der Waals surface area contributed by atoms with E-state index in [1.54, 1.807) is 11.9 Å². The smallest absolute Gasteiger partial charge is 0.389 e. The summed E-state index contributed by atoms with van der Waals surface area (Å²) in [6, 6.07) is 3.34. The van der Waals surface area contributed by atoms with Crippen molar-refractivity contribution in [1.82, 2.24) is 0 Å². The predicted molar refractivity (Wildman–Crippen MR) is 73.6 cm³/mol. The SMILES string of the molecule is COCC(O)CN(C)c1ccc(C(F)(F)F)c(C(=N)N)c1. The summed E-state index contributed by atoms with van der Waals surface area (Å²) in [5, 5.41) is 16.9. The van der Waals surface area contributed by atoms with Gasteiger partial charge in [0, 0.05) is 32.0 Å². The number of likely N-dealkylation sites (N-methyl/N-ethyl adjacent to an activating group) is 1. The fraction of sp³-hybridized carbons (Fsp3) is 0.462. The minimum Gasteiger partial charge on any atom is -0.389 e. The van der Waals surface area contributed by atoms with Gasteiger partial charge in [-0.3, -0.25) is 5.41 Å². The van der Waals surface area contributed by atoms with Gasteiger partial charge in [0.15, 0.2) is 0 Å². The first kappa shape index (κ1) is 17.3. The zero-order valence-electron chi connectivity index (χ0n) is 11.7. The Morgan fingerprint density at radius 1 is 1.48 bits per heavy atom. The maximum absolute atomic E-state index is 12.8. The molecule has 5 nitrogen and oxygen atoms in total. The topological polar surface area (TPSA) is 82.6 Å². The second-order valence-electron chi connectivity index (χ2n) is 4.63. The van der Waals surface area contributed by atoms with Crippen LogP contribution in [0.5, 0.6) is 0 Å². The molecular weight excluding hydrogens is 287 g/mol. The van der Waals surface area contributed by atoms with E-state index in [-0.39, 0.29) is 18.7 Å². The third-order valence-corrected chi connectivity index (χ3v) is 2.88. The number of aliphatic hydroxyl groups is 1. The summed E-state index contributed by atoms with van der Waals surface area (Å²) in [6.45, 7) is 0.293. The predicted octanol–water partition coefficient (Wildman–Crippen LogP) is 1.43. The van der Waals surface area contributed by atoms with Crippen LogP contribution in [0.25, 0.3) is 0 Å². The van der Waals surface area contributed by atoms with Crippen molar-refractivity contribution in [3.05, 3.63) is 29.3 Å². The van der Waals surface area contributed by atoms with Crippen LogP contribution >= 0.6 is 0 Å². The molecule has 0 aliphatic carbocycles. The van der Waals surface area contributed by atoms with Gasteiger partial charge in [-0.15, -0.1) is 0 Å². The quantitative estimate of drug-likeness (QED) is 0.548. The highest BCUT2D eigenvalue weighted by Crippen LogP contribution is 2.33. The summed E-state index contributed by atoms with van der Waals surface area (Å²) in [4.78, 5) is 1.57. The Morgan fingerprint density at radius 3 is 2.57 bits per heavy atom. The normalized spacial score (nSPS) is 13.0. The van der Waals surface area contributed by atoms with Gasteiger partial charge in [-0.25, -0.2) is 0 Å². The molecule has 0 aliphatic heterocycles. The zero-order valence-corrected chi connectivity index (χ0v) is 11.7. The maximum atomic E-state index is 12.8. The average molecular weight is 305 g/mol. The molecule has 1 unspecified atom stereocenters. The molecule has 0 fully saturated rings. The standard InChI is InChI=1S/C13H18F3N3O2/c1-19(6-9(20)7-21-2)8-3-4-11(13(14,15)16)10(5-8)12(17)18/h3-5,9,20H,6-7H2,1-2H3,(H3,17,18). The van der Waals surface area contributed by atoms with Gasteiger partial charge in [-0.1, -0.05) is 0 Å². The van der Waals surface area contributed by atoms with Gasteiger partial charge in [-0.2, -0.15) is 13.2 Å². The van der Waals surface area contributed by atoms with E-state index in [0.717, 1.165) is 6.07 Å². The van der Waals surface area contributed by atoms with E-state index in [2.05, 4.69) is 0 Å². The molecule has 0 saturated heterocycles. The Kier molecular flexibility index (Phi) is 5.56. The van der Waals surface area contributed by atoms with Crippen LogP contribution in [0, 0.1) is 5.41 Å². The summed E-state index contributed by atoms with van der Waals surface area (Å²) in [5.74, 6) is -0.657. The van der Waals surface area contributed by atoms with Crippen LogP contribution in [0.1, 0.15) is 11.1 Å². The molecular formula is C13H18F3N3O2. The molecule has 0 amide bonds. The molecule has 0 heterocycles. The van der Waals surface area contributed by atoms with E-state index in [9.17, 15) is 18.3 Å². The van der Waals surface area contributed by atoms with Crippen LogP contribution in [-0.4, -0.2) is 44.4 Å². The average Bonchev–Trinajstić information content (AvgIpc) is 2.37. The van der Waals surface area contributed by atoms with Gasteiger partial charge in [0.1, 0.15) is 5.84 Å². The number of benzene rings is 1. The lowest BCUT2D eigenvalue weighted by atomic mass is 10.0. The van der Waals surface area contributed by atoms with Crippen molar-refractivity contribution in [2.24, 2.45) is 5.73 Å². The van der Waals surface area contributed by atoms with Gasteiger partial charge in [-0.05, 0) is 18.2 Å². The van der Waals surface area contributed by atoms with Crippen LogP contribution in [0.15, 0.2) is 18.2 Å². The molecule has 0 aliphatic rings. The Morgan fingerprint density at radius 2 is 2.10 bits per heavy atom. The van der Waals surface area contributed by atoms with E-state index < -0.39 is 23.7 Å². The lowest BCUT2D eigenvalue weighted by molar-refractivity contribution is -0.137. The van der Waals surface area contributed by atoms with Crippen molar-refractivity contribution >= 4 is 11.5 Å². The molecule has 0 spiro atoms. The molecule has 21 heavy (non-hydrogen) atoms. The summed E-state index contributed by atoms with van der Waals surface area (Å²) in [6.07, 6.45) is -5.35. The number of ether oxygens (including phenoxy) is 1. The van der Waals surface area contributed by atoms with Crippen LogP contribution < -0.4 is 10.6 Å². The lowest BCUT2D eigenvalue weighted by Gasteiger charge is -2.24. The van der Waals surface area contributed by atoms with Gasteiger partial charge < -0.3 is 20.5 Å². The molecule has 0 saturated carbocycles. The molecule has 0 aromatic heterocycles. The largest absolute Gasteiger partial charge is 0.417 e. The number of nitrogen functional groups attached to an aromatic ring is 1. The van der Waals surface area contributed by atoms with Crippen LogP contribution in [0.4, 0.5) is 18.9 Å². The molecule has 4 N–H and O–H groups in total. The number of amidine groups is 1. The number of hydrogen-bond acceptors (Lipinski definition) is 4. The van der Waals surface area contributed by atoms with E-state index in [0.29, 0.717) is 5.69 Å². The summed E-state index contributed by atoms with van der Waals surface area (Å²) >= 11 is 0. The van der Waals surface area contributed by atoms with Crippen molar-refractivity contribution in [3.8, 4) is 0 Å². The Labute approximate surface area is 120 Å². The number of halogens is 3. The second-order valence-corrected chi connectivity index (χ2v) is 4.63. The minimum atomic E-state index is -4.58. The molecule has 1 aromatic carbocycles. The van der Waals surface area contributed by atoms with Crippen LogP contribution in [-0.2, 0) is 10.9 Å². The number of aliphatic hydroxyl groups excluding tert-OH is 1. The van der Waals surface area contributed by atoms with E-state index >= 15 is 0 Å². The highest BCUT2D eigenvalue weighted by Gasteiger charge is 2.34. The summed E-state index contributed by atoms with van der Waals surface area (Å²) < 4.78 is 43.3. The molecule has 0 radical (unpaired) electrons. The van der Waals surface area contributed by atoms with E-state index in [1.807, 2.05) is 0 Å². The summed E-state index contributed by atoms with van der Waals surface area (Å²) in [5.41, 5.74) is 4.31. The lowest BCUT2D eigenvalue weighted by Crippen LogP contribution is -2.32. The molecule has 1 rings (SSSR count). The molecule has 0 bridgehead atoms. The van der Waals surface area contributed by atoms with Crippen molar-refractivity contribution in [2.45, 2.75) is 12.3 Å². The van der Waals surface area contributed by atoms with Crippen molar-refractivity contribution in [3.63, 3.8) is 0 Å². The van der Waals surface area contributed by atoms with Crippen molar-refractivity contribution in [1.29, 1.82) is 5.41 Å². The second kappa shape index (κ2) is 6.77. The molecule has 1 atom stereocenters. The highest BCUT2D eigenvalue weighted by molar-refractivity contribution is 5.97. The third-order valence-electron chi connectivity index (χ3n) is 2.88. The minimum absolute atomic E-state index is 0.116. The van der Waals surface area contributed by atoms with Gasteiger partial charge in [0.25, 0.3) is 0 Å². The Hall–Kier alpha value is -1.80. The maximum Gasteiger partial charge on any atom is 0.417 e. The van der Waals surface area contributed by atoms with Crippen LogP contribution in [0.2, 0.25) is 0 Å². The van der Waals surface area contributed by atoms with Crippen LogP contribution in [0.3, 0.4) is 0 Å². The first-order chi connectivity index (χ1) is 9.66. The number of nitrogens with one attached hydrogen (secondary N) is 1. The first-order valence-electron chi connectivity index (χ1n) is 6.10. The number of anilines is 1. The van der Waals surface area contributed by atoms with Gasteiger partial charge in [0.2, 0.25) is 0 Å². The third kappa shape index (κ3) is 4.61. The van der Waals surface area contributed by atoms with Crippen molar-refractivity contribution < 1.29 is 23.0 Å². The molecule has 8 heteroatoms. The monoisotopic (exact) mass is 305 g/mol. The zero-order chi connectivity index (χ0) is 16.2. The van der Waals surface area contributed by atoms with E-state index in [4.69, 9.17) is 15.9 Å². The van der Waals surface area contributed by atoms with Gasteiger partial charge >= 0.3 is 6.18 Å². The number of methoxy groups -OCH3 is 1. The van der Waals surface area contributed by atoms with Crippen molar-refractivity contribution in [2.75, 3.05) is 32.2 Å². The van der Waals surface area contributed by atoms with E-state index in [1.165, 1.54) is 19.2 Å². The number of alkyl halides is 3. The number of hydrogen-bond donors (Lipinski definition) is 3. The number of nitrogens with zero attached hydrogens (tertiary/aromatic N) is 1. The van der Waals surface area contributed by atoms with Gasteiger partial charge in [0.05, 0.1) is 18.3 Å².